The Kier molecular flexibility index (Phi) is 6.47. The van der Waals surface area contributed by atoms with Crippen LogP contribution in [0.15, 0.2) is 30.5 Å². The van der Waals surface area contributed by atoms with Crippen molar-refractivity contribution in [1.29, 1.82) is 0 Å². The maximum absolute atomic E-state index is 12.3. The van der Waals surface area contributed by atoms with Crippen molar-refractivity contribution in [2.75, 3.05) is 27.8 Å². The molecule has 0 saturated heterocycles. The number of pyridine rings is 1. The highest BCUT2D eigenvalue weighted by atomic mass is 16.7. The first kappa shape index (κ1) is 18.4. The van der Waals surface area contributed by atoms with Crippen LogP contribution in [0.3, 0.4) is 0 Å². The summed E-state index contributed by atoms with van der Waals surface area (Å²) in [5.74, 6) is -0.355. The number of methoxy groups -OCH3 is 1. The molecule has 0 saturated carbocycles. The van der Waals surface area contributed by atoms with E-state index in [1.165, 1.54) is 21.3 Å². The molecule has 2 rings (SSSR count). The summed E-state index contributed by atoms with van der Waals surface area (Å²) < 4.78 is 6.22. The smallest absolute Gasteiger partial charge is 0.406 e. The lowest BCUT2D eigenvalue weighted by Gasteiger charge is -2.11. The number of aryl methyl sites for hydroxylation is 1. The second-order valence-corrected chi connectivity index (χ2v) is 5.11. The van der Waals surface area contributed by atoms with Crippen LogP contribution in [-0.4, -0.2) is 59.6 Å². The van der Waals surface area contributed by atoms with Crippen molar-refractivity contribution in [3.63, 3.8) is 0 Å². The molecule has 0 aliphatic heterocycles. The summed E-state index contributed by atoms with van der Waals surface area (Å²) in [6.45, 7) is 0.926. The van der Waals surface area contributed by atoms with Crippen molar-refractivity contribution in [3.05, 3.63) is 36.2 Å². The van der Waals surface area contributed by atoms with E-state index in [1.807, 2.05) is 18.2 Å². The van der Waals surface area contributed by atoms with Gasteiger partial charge in [0, 0.05) is 26.3 Å². The van der Waals surface area contributed by atoms with E-state index in [9.17, 15) is 9.59 Å². The second kappa shape index (κ2) is 8.78. The third-order valence-corrected chi connectivity index (χ3v) is 3.49. The molecule has 0 unspecified atom stereocenters. The number of nitrogens with zero attached hydrogens (tertiary/aromatic N) is 4. The molecule has 0 aliphatic rings. The first-order valence-corrected chi connectivity index (χ1v) is 7.70. The molecule has 0 atom stereocenters. The van der Waals surface area contributed by atoms with Crippen LogP contribution in [-0.2, 0) is 16.1 Å². The maximum Gasteiger partial charge on any atom is 0.406 e. The van der Waals surface area contributed by atoms with Crippen LogP contribution in [0.2, 0.25) is 0 Å². The molecular formula is C16H21N5O4. The lowest BCUT2D eigenvalue weighted by Crippen LogP contribution is -2.26. The number of amides is 2. The van der Waals surface area contributed by atoms with E-state index in [0.717, 1.165) is 5.06 Å². The lowest BCUT2D eigenvalue weighted by atomic mass is 10.2. The number of alkyl carbamates (subject to hydrolysis) is 1. The SMILES string of the molecule is COC(=O)NCCCn1nc(C(=O)N(C)OC)cc1-c1ccccn1. The fraction of sp³-hybridized carbons (Fsp3) is 0.375. The van der Waals surface area contributed by atoms with Crippen molar-refractivity contribution >= 4 is 12.0 Å². The monoisotopic (exact) mass is 347 g/mol. The largest absolute Gasteiger partial charge is 0.453 e. The van der Waals surface area contributed by atoms with Gasteiger partial charge in [-0.2, -0.15) is 5.10 Å². The van der Waals surface area contributed by atoms with Gasteiger partial charge in [0.1, 0.15) is 0 Å². The van der Waals surface area contributed by atoms with Crippen LogP contribution in [0.1, 0.15) is 16.9 Å². The predicted molar refractivity (Wildman–Crippen MR) is 89.6 cm³/mol. The Morgan fingerprint density at radius 3 is 2.76 bits per heavy atom. The fourth-order valence-corrected chi connectivity index (χ4v) is 2.15. The minimum absolute atomic E-state index is 0.255. The zero-order valence-electron chi connectivity index (χ0n) is 14.4. The quantitative estimate of drug-likeness (QED) is 0.599. The van der Waals surface area contributed by atoms with Crippen molar-refractivity contribution < 1.29 is 19.2 Å². The molecule has 2 aromatic heterocycles. The minimum atomic E-state index is -0.483. The summed E-state index contributed by atoms with van der Waals surface area (Å²) in [7, 11) is 4.24. The average Bonchev–Trinajstić information content (AvgIpc) is 3.08. The summed E-state index contributed by atoms with van der Waals surface area (Å²) in [5.41, 5.74) is 1.67. The van der Waals surface area contributed by atoms with E-state index >= 15 is 0 Å². The molecule has 1 N–H and O–H groups in total. The van der Waals surface area contributed by atoms with Crippen LogP contribution in [0.25, 0.3) is 11.4 Å². The Labute approximate surface area is 145 Å². The van der Waals surface area contributed by atoms with Crippen molar-refractivity contribution in [2.24, 2.45) is 0 Å². The predicted octanol–water partition coefficient (Wildman–Crippen LogP) is 1.32. The van der Waals surface area contributed by atoms with Gasteiger partial charge >= 0.3 is 6.09 Å². The topological polar surface area (TPSA) is 98.6 Å². The number of carbonyl (C=O) groups excluding carboxylic acids is 2. The van der Waals surface area contributed by atoms with Gasteiger partial charge in [0.15, 0.2) is 5.69 Å². The number of carbonyl (C=O) groups is 2. The van der Waals surface area contributed by atoms with Gasteiger partial charge in [-0.1, -0.05) is 6.07 Å². The van der Waals surface area contributed by atoms with E-state index in [2.05, 4.69) is 20.1 Å². The third-order valence-electron chi connectivity index (χ3n) is 3.49. The van der Waals surface area contributed by atoms with Crippen LogP contribution in [0.4, 0.5) is 4.79 Å². The Morgan fingerprint density at radius 1 is 1.32 bits per heavy atom. The Bertz CT molecular complexity index is 717. The molecule has 0 spiro atoms. The Hall–Kier alpha value is -2.94. The van der Waals surface area contributed by atoms with Crippen molar-refractivity contribution in [1.82, 2.24) is 25.1 Å². The summed E-state index contributed by atoms with van der Waals surface area (Å²) in [4.78, 5) is 32.6. The number of hydroxylamine groups is 2. The van der Waals surface area contributed by atoms with Gasteiger partial charge in [-0.05, 0) is 24.6 Å². The van der Waals surface area contributed by atoms with Crippen molar-refractivity contribution in [2.45, 2.75) is 13.0 Å². The van der Waals surface area contributed by atoms with Gasteiger partial charge in [-0.3, -0.25) is 19.3 Å². The molecule has 0 aliphatic carbocycles. The normalized spacial score (nSPS) is 10.4. The number of ether oxygens (including phenoxy) is 1. The van der Waals surface area contributed by atoms with Gasteiger partial charge in [0.05, 0.1) is 25.6 Å². The third kappa shape index (κ3) is 4.77. The number of nitrogens with one attached hydrogen (secondary N) is 1. The molecule has 134 valence electrons. The van der Waals surface area contributed by atoms with E-state index < -0.39 is 6.09 Å². The van der Waals surface area contributed by atoms with Crippen molar-refractivity contribution in [3.8, 4) is 11.4 Å². The summed E-state index contributed by atoms with van der Waals surface area (Å²) in [6.07, 6.45) is 1.81. The van der Waals surface area contributed by atoms with E-state index in [1.54, 1.807) is 16.9 Å². The molecule has 2 heterocycles. The summed E-state index contributed by atoms with van der Waals surface area (Å²) in [6, 6.07) is 7.19. The molecule has 2 amide bonds. The van der Waals surface area contributed by atoms with E-state index in [0.29, 0.717) is 30.9 Å². The van der Waals surface area contributed by atoms with Crippen LogP contribution < -0.4 is 5.32 Å². The zero-order chi connectivity index (χ0) is 18.2. The average molecular weight is 347 g/mol. The molecule has 0 bridgehead atoms. The number of rotatable bonds is 7. The maximum atomic E-state index is 12.3. The van der Waals surface area contributed by atoms with Crippen LogP contribution in [0.5, 0.6) is 0 Å². The second-order valence-electron chi connectivity index (χ2n) is 5.11. The molecule has 9 nitrogen and oxygen atoms in total. The van der Waals surface area contributed by atoms with Gasteiger partial charge in [0.25, 0.3) is 5.91 Å². The molecule has 25 heavy (non-hydrogen) atoms. The zero-order valence-corrected chi connectivity index (χ0v) is 14.4. The molecule has 2 aromatic rings. The first-order valence-electron chi connectivity index (χ1n) is 7.70. The fourth-order valence-electron chi connectivity index (χ4n) is 2.15. The highest BCUT2D eigenvalue weighted by Gasteiger charge is 2.19. The number of hydrogen-bond acceptors (Lipinski definition) is 6. The first-order chi connectivity index (χ1) is 12.1. The Morgan fingerprint density at radius 2 is 2.12 bits per heavy atom. The Balaban J connectivity index is 2.19. The number of aromatic nitrogens is 3. The highest BCUT2D eigenvalue weighted by molar-refractivity contribution is 5.92. The molecular weight excluding hydrogens is 326 g/mol. The number of hydrogen-bond donors (Lipinski definition) is 1. The lowest BCUT2D eigenvalue weighted by molar-refractivity contribution is -0.0760. The van der Waals surface area contributed by atoms with Gasteiger partial charge in [-0.25, -0.2) is 9.86 Å². The van der Waals surface area contributed by atoms with Gasteiger partial charge in [-0.15, -0.1) is 0 Å². The van der Waals surface area contributed by atoms with E-state index in [-0.39, 0.29) is 11.6 Å². The van der Waals surface area contributed by atoms with Gasteiger partial charge in [0.2, 0.25) is 0 Å². The summed E-state index contributed by atoms with van der Waals surface area (Å²) >= 11 is 0. The molecule has 0 aromatic carbocycles. The molecule has 0 radical (unpaired) electrons. The summed E-state index contributed by atoms with van der Waals surface area (Å²) in [5, 5.41) is 8.06. The molecule has 9 heteroatoms. The van der Waals surface area contributed by atoms with Gasteiger partial charge < -0.3 is 10.1 Å². The van der Waals surface area contributed by atoms with Crippen LogP contribution >= 0.6 is 0 Å². The standard InChI is InChI=1S/C16H21N5O4/c1-20(25-3)15(22)13-11-14(12-7-4-5-8-17-12)21(19-13)10-6-9-18-16(23)24-2/h4-5,7-8,11H,6,9-10H2,1-3H3,(H,18,23). The highest BCUT2D eigenvalue weighted by Crippen LogP contribution is 2.19. The van der Waals surface area contributed by atoms with Crippen LogP contribution in [0, 0.1) is 0 Å². The molecule has 0 fully saturated rings. The minimum Gasteiger partial charge on any atom is -0.453 e. The van der Waals surface area contributed by atoms with E-state index in [4.69, 9.17) is 4.84 Å².